The highest BCUT2D eigenvalue weighted by Crippen LogP contribution is 2.28. The molecule has 0 radical (unpaired) electrons. The Morgan fingerprint density at radius 1 is 1.02 bits per heavy atom. The number of aliphatic hydroxyl groups is 3. The van der Waals surface area contributed by atoms with Gasteiger partial charge in [-0.1, -0.05) is 38.2 Å². The number of carbonyl (C=O) groups excluding carboxylic acids is 4. The molecule has 0 heterocycles. The molecule has 0 bridgehead atoms. The maximum absolute atomic E-state index is 13.3. The lowest BCUT2D eigenvalue weighted by molar-refractivity contribution is -0.116. The van der Waals surface area contributed by atoms with Crippen molar-refractivity contribution >= 4 is 23.6 Å². The molecule has 0 saturated carbocycles. The number of amides is 2. The van der Waals surface area contributed by atoms with E-state index in [1.54, 1.807) is 39.0 Å². The molecule has 2 amide bonds. The van der Waals surface area contributed by atoms with Gasteiger partial charge in [0.15, 0.2) is 6.10 Å². The normalized spacial score (nSPS) is 18.5. The van der Waals surface area contributed by atoms with Crippen LogP contribution in [0, 0.1) is 11.8 Å². The fourth-order valence-electron chi connectivity index (χ4n) is 4.97. The molecule has 258 valence electrons. The van der Waals surface area contributed by atoms with Gasteiger partial charge in [-0.05, 0) is 38.2 Å². The molecule has 0 spiro atoms. The average molecular weight is 651 g/mol. The van der Waals surface area contributed by atoms with Gasteiger partial charge in [-0.2, -0.15) is 0 Å². The molecule has 1 aliphatic rings. The number of rotatable bonds is 21. The molecule has 46 heavy (non-hydrogen) atoms. The van der Waals surface area contributed by atoms with Gasteiger partial charge in [0.25, 0.3) is 0 Å². The molecule has 0 aromatic rings. The lowest BCUT2D eigenvalue weighted by Gasteiger charge is -2.30. The third-order valence-corrected chi connectivity index (χ3v) is 7.42. The Kier molecular flexibility index (Phi) is 17.8. The molecule has 14 heteroatoms. The van der Waals surface area contributed by atoms with Crippen LogP contribution in [0.5, 0.6) is 0 Å². The van der Waals surface area contributed by atoms with Crippen LogP contribution in [0.1, 0.15) is 40.5 Å². The Hall–Kier alpha value is -3.82. The second kappa shape index (κ2) is 20.3. The quantitative estimate of drug-likeness (QED) is 0.0384. The van der Waals surface area contributed by atoms with Gasteiger partial charge in [-0.25, -0.2) is 4.79 Å². The molecule has 1 aliphatic carbocycles. The standard InChI is InChI=1S/C32H50N4O10/c1-18(14-22-27(36-11-13-38)24(39)17-23(29(22)41)35-10-12-37)15-26(45-6)28(40)20(3)16-21(4)30(46-32(34)43)25(44-5)9-7-8-19(2)31(33)42/h7-9,16-18,20,25-26,28,30,35-38,40H,10-15H2,1-6H3,(H2,33,42)(H2,34,43)/b9-7+,19-8-,21-16+/t18-,20+,25+,26+,28-,30+/m1/s1. The lowest BCUT2D eigenvalue weighted by Crippen LogP contribution is -2.37. The van der Waals surface area contributed by atoms with E-state index < -0.39 is 53.9 Å². The highest BCUT2D eigenvalue weighted by atomic mass is 16.6. The molecule has 14 nitrogen and oxygen atoms in total. The predicted molar refractivity (Wildman–Crippen MR) is 171 cm³/mol. The van der Waals surface area contributed by atoms with E-state index in [4.69, 9.17) is 30.8 Å². The summed E-state index contributed by atoms with van der Waals surface area (Å²) in [6.45, 7) is 6.56. The Morgan fingerprint density at radius 2 is 1.65 bits per heavy atom. The Morgan fingerprint density at radius 3 is 2.20 bits per heavy atom. The first kappa shape index (κ1) is 40.2. The summed E-state index contributed by atoms with van der Waals surface area (Å²) in [5.74, 6) is -2.16. The van der Waals surface area contributed by atoms with Crippen LogP contribution < -0.4 is 22.1 Å². The van der Waals surface area contributed by atoms with Gasteiger partial charge in [0.2, 0.25) is 17.5 Å². The average Bonchev–Trinajstić information content (AvgIpc) is 3.00. The topological polar surface area (TPSA) is 233 Å². The van der Waals surface area contributed by atoms with Crippen molar-refractivity contribution in [1.82, 2.24) is 10.6 Å². The fourth-order valence-corrected chi connectivity index (χ4v) is 4.97. The van der Waals surface area contributed by atoms with Crippen LogP contribution in [0.4, 0.5) is 4.79 Å². The number of nitrogens with one attached hydrogen (secondary N) is 2. The molecule has 0 fully saturated rings. The summed E-state index contributed by atoms with van der Waals surface area (Å²) in [6, 6.07) is 0. The van der Waals surface area contributed by atoms with Gasteiger partial charge in [0.1, 0.15) is 6.10 Å². The minimum Gasteiger partial charge on any atom is -0.439 e. The zero-order valence-corrected chi connectivity index (χ0v) is 27.4. The van der Waals surface area contributed by atoms with Crippen molar-refractivity contribution in [2.75, 3.05) is 40.5 Å². The number of hydrogen-bond acceptors (Lipinski definition) is 12. The third-order valence-electron chi connectivity index (χ3n) is 7.42. The summed E-state index contributed by atoms with van der Waals surface area (Å²) in [5, 5.41) is 35.3. The van der Waals surface area contributed by atoms with Crippen molar-refractivity contribution < 1.29 is 48.7 Å². The number of ketones is 2. The molecule has 0 aliphatic heterocycles. The SMILES string of the molecule is CO[C@@H](/C=C/C=C(/C)C(N)=O)[C@@H](OC(N)=O)/C(C)=C/[C@H](C)[C@@H](O)[C@H](C[C@H](C)CC1=C(NCCO)C(=O)C=C(NCCO)C1=O)OC. The van der Waals surface area contributed by atoms with E-state index >= 15 is 0 Å². The lowest BCUT2D eigenvalue weighted by atomic mass is 9.85. The molecule has 0 unspecified atom stereocenters. The van der Waals surface area contributed by atoms with E-state index in [1.165, 1.54) is 26.4 Å². The van der Waals surface area contributed by atoms with E-state index in [0.717, 1.165) is 0 Å². The zero-order chi connectivity index (χ0) is 35.0. The maximum Gasteiger partial charge on any atom is 0.405 e. The van der Waals surface area contributed by atoms with Gasteiger partial charge in [0.05, 0.1) is 36.8 Å². The molecule has 0 saturated heterocycles. The molecular formula is C32H50N4O10. The van der Waals surface area contributed by atoms with Gasteiger partial charge in [-0.15, -0.1) is 0 Å². The highest BCUT2D eigenvalue weighted by Gasteiger charge is 2.32. The highest BCUT2D eigenvalue weighted by molar-refractivity contribution is 6.22. The number of ether oxygens (including phenoxy) is 3. The van der Waals surface area contributed by atoms with Gasteiger partial charge < -0.3 is 51.6 Å². The Bertz CT molecular complexity index is 1220. The largest absolute Gasteiger partial charge is 0.439 e. The van der Waals surface area contributed by atoms with Crippen LogP contribution in [0.3, 0.4) is 0 Å². The van der Waals surface area contributed by atoms with Gasteiger partial charge in [-0.3, -0.25) is 14.4 Å². The minimum atomic E-state index is -1.03. The minimum absolute atomic E-state index is 0.0735. The van der Waals surface area contributed by atoms with Crippen molar-refractivity contribution in [3.8, 4) is 0 Å². The number of carbonyl (C=O) groups is 4. The predicted octanol–water partition coefficient (Wildman–Crippen LogP) is 0.281. The smallest absolute Gasteiger partial charge is 0.405 e. The van der Waals surface area contributed by atoms with E-state index in [-0.39, 0.29) is 55.6 Å². The van der Waals surface area contributed by atoms with E-state index in [2.05, 4.69) is 10.6 Å². The maximum atomic E-state index is 13.3. The van der Waals surface area contributed by atoms with Crippen LogP contribution in [0.15, 0.2) is 58.5 Å². The van der Waals surface area contributed by atoms with E-state index in [0.29, 0.717) is 17.6 Å². The van der Waals surface area contributed by atoms with E-state index in [9.17, 15) is 29.4 Å². The summed E-state index contributed by atoms with van der Waals surface area (Å²) >= 11 is 0. The summed E-state index contributed by atoms with van der Waals surface area (Å²) in [6.07, 6.45) is 3.50. The molecule has 0 aromatic heterocycles. The first-order valence-electron chi connectivity index (χ1n) is 15.0. The number of Topliss-reactive ketones (excluding diaryl/α,β-unsaturated/α-hetero) is 1. The number of methoxy groups -OCH3 is 2. The van der Waals surface area contributed by atoms with Gasteiger partial charge >= 0.3 is 6.09 Å². The van der Waals surface area contributed by atoms with E-state index in [1.807, 2.05) is 6.92 Å². The summed E-state index contributed by atoms with van der Waals surface area (Å²) < 4.78 is 16.5. The second-order valence-corrected chi connectivity index (χ2v) is 11.1. The third kappa shape index (κ3) is 12.5. The number of aliphatic hydroxyl groups excluding tert-OH is 3. The molecule has 1 rings (SSSR count). The summed E-state index contributed by atoms with van der Waals surface area (Å²) in [5.41, 5.74) is 11.8. The molecule has 9 N–H and O–H groups in total. The number of nitrogens with two attached hydrogens (primary N) is 2. The zero-order valence-electron chi connectivity index (χ0n) is 27.4. The van der Waals surface area contributed by atoms with Crippen LogP contribution in [-0.4, -0.2) is 104 Å². The van der Waals surface area contributed by atoms with Crippen molar-refractivity contribution in [3.05, 3.63) is 58.5 Å². The van der Waals surface area contributed by atoms with Crippen LogP contribution >= 0.6 is 0 Å². The van der Waals surface area contributed by atoms with Crippen LogP contribution in [0.25, 0.3) is 0 Å². The fraction of sp³-hybridized carbons (Fsp3) is 0.562. The first-order chi connectivity index (χ1) is 21.7. The summed E-state index contributed by atoms with van der Waals surface area (Å²) in [4.78, 5) is 49.1. The Labute approximate surface area is 270 Å². The van der Waals surface area contributed by atoms with Crippen LogP contribution in [0.2, 0.25) is 0 Å². The number of primary amides is 2. The first-order valence-corrected chi connectivity index (χ1v) is 15.0. The molecule has 0 aromatic carbocycles. The molecule has 6 atom stereocenters. The van der Waals surface area contributed by atoms with Crippen molar-refractivity contribution in [2.45, 2.75) is 65.0 Å². The van der Waals surface area contributed by atoms with Crippen molar-refractivity contribution in [2.24, 2.45) is 23.3 Å². The van der Waals surface area contributed by atoms with Crippen molar-refractivity contribution in [1.29, 1.82) is 0 Å². The second-order valence-electron chi connectivity index (χ2n) is 11.1. The number of hydrogen-bond donors (Lipinski definition) is 7. The summed E-state index contributed by atoms with van der Waals surface area (Å²) in [7, 11) is 2.87. The molecular weight excluding hydrogens is 600 g/mol. The monoisotopic (exact) mass is 650 g/mol. The van der Waals surface area contributed by atoms with Gasteiger partial charge in [0, 0.05) is 50.4 Å². The Balaban J connectivity index is 3.18. The number of allylic oxidation sites excluding steroid dienone is 4. The van der Waals surface area contributed by atoms with Crippen molar-refractivity contribution in [3.63, 3.8) is 0 Å². The van der Waals surface area contributed by atoms with Crippen LogP contribution in [-0.2, 0) is 28.6 Å².